The van der Waals surface area contributed by atoms with Gasteiger partial charge in [0, 0.05) is 37.3 Å². The van der Waals surface area contributed by atoms with Crippen molar-refractivity contribution in [1.82, 2.24) is 10.2 Å². The maximum atomic E-state index is 5.51. The molecule has 0 N–H and O–H groups in total. The van der Waals surface area contributed by atoms with Crippen molar-refractivity contribution in [3.8, 4) is 17.0 Å². The van der Waals surface area contributed by atoms with Crippen LogP contribution in [0.3, 0.4) is 0 Å². The van der Waals surface area contributed by atoms with Crippen molar-refractivity contribution in [1.29, 1.82) is 0 Å². The topological polar surface area (TPSA) is 41.5 Å². The van der Waals surface area contributed by atoms with Crippen LogP contribution in [0.25, 0.3) is 11.3 Å². The standard InChI is InChI=1S/C18H22N4O/c1-12-16(14-8-4-5-9-15(14)23-3)19-20-18-17(12)22-10-6-7-13(22)11-21(18)2/h4-5,8-9,13H,6-7,10-11H2,1-3H3. The molecule has 1 saturated heterocycles. The van der Waals surface area contributed by atoms with Gasteiger partial charge in [-0.1, -0.05) is 12.1 Å². The van der Waals surface area contributed by atoms with E-state index in [0.717, 1.165) is 35.9 Å². The molecule has 4 rings (SSSR count). The van der Waals surface area contributed by atoms with Gasteiger partial charge >= 0.3 is 0 Å². The molecule has 120 valence electrons. The summed E-state index contributed by atoms with van der Waals surface area (Å²) >= 11 is 0. The van der Waals surface area contributed by atoms with Crippen molar-refractivity contribution >= 4 is 11.5 Å². The van der Waals surface area contributed by atoms with E-state index in [4.69, 9.17) is 4.74 Å². The van der Waals surface area contributed by atoms with E-state index in [0.29, 0.717) is 6.04 Å². The third-order valence-electron chi connectivity index (χ3n) is 5.04. The molecule has 5 nitrogen and oxygen atoms in total. The molecule has 0 aliphatic carbocycles. The van der Waals surface area contributed by atoms with Gasteiger partial charge in [-0.15, -0.1) is 10.2 Å². The van der Waals surface area contributed by atoms with Crippen molar-refractivity contribution < 1.29 is 4.74 Å². The quantitative estimate of drug-likeness (QED) is 0.853. The van der Waals surface area contributed by atoms with Crippen molar-refractivity contribution in [3.05, 3.63) is 29.8 Å². The van der Waals surface area contributed by atoms with Crippen LogP contribution in [0, 0.1) is 6.92 Å². The third kappa shape index (κ3) is 2.14. The Hall–Kier alpha value is -2.30. The first-order valence-corrected chi connectivity index (χ1v) is 8.19. The van der Waals surface area contributed by atoms with Crippen LogP contribution in [0.5, 0.6) is 5.75 Å². The number of anilines is 2. The molecule has 5 heteroatoms. The van der Waals surface area contributed by atoms with Gasteiger partial charge in [-0.2, -0.15) is 0 Å². The van der Waals surface area contributed by atoms with E-state index in [1.165, 1.54) is 24.1 Å². The van der Waals surface area contributed by atoms with E-state index >= 15 is 0 Å². The molecular weight excluding hydrogens is 288 g/mol. The number of aromatic nitrogens is 2. The molecule has 0 saturated carbocycles. The number of likely N-dealkylation sites (N-methyl/N-ethyl adjacent to an activating group) is 1. The second kappa shape index (κ2) is 5.41. The zero-order chi connectivity index (χ0) is 16.0. The van der Waals surface area contributed by atoms with Crippen molar-refractivity contribution in [3.63, 3.8) is 0 Å². The Morgan fingerprint density at radius 2 is 2.04 bits per heavy atom. The highest BCUT2D eigenvalue weighted by Crippen LogP contribution is 2.43. The average molecular weight is 310 g/mol. The lowest BCUT2D eigenvalue weighted by molar-refractivity contribution is 0.416. The summed E-state index contributed by atoms with van der Waals surface area (Å²) in [5.41, 5.74) is 4.36. The smallest absolute Gasteiger partial charge is 0.175 e. The number of nitrogens with zero attached hydrogens (tertiary/aromatic N) is 4. The summed E-state index contributed by atoms with van der Waals surface area (Å²) in [6.07, 6.45) is 2.51. The first-order chi connectivity index (χ1) is 11.2. The first kappa shape index (κ1) is 14.3. The minimum atomic E-state index is 0.598. The van der Waals surface area contributed by atoms with E-state index in [1.54, 1.807) is 7.11 Å². The van der Waals surface area contributed by atoms with E-state index in [-0.39, 0.29) is 0 Å². The molecule has 2 aliphatic rings. The summed E-state index contributed by atoms with van der Waals surface area (Å²) in [6, 6.07) is 8.62. The number of fused-ring (bicyclic) bond motifs is 3. The van der Waals surface area contributed by atoms with Crippen LogP contribution in [-0.4, -0.2) is 43.5 Å². The molecule has 3 heterocycles. The van der Waals surface area contributed by atoms with Gasteiger partial charge in [-0.3, -0.25) is 0 Å². The van der Waals surface area contributed by atoms with Crippen molar-refractivity contribution in [2.45, 2.75) is 25.8 Å². The first-order valence-electron chi connectivity index (χ1n) is 8.19. The molecule has 1 atom stereocenters. The van der Waals surface area contributed by atoms with Crippen LogP contribution >= 0.6 is 0 Å². The fourth-order valence-corrected chi connectivity index (χ4v) is 3.92. The van der Waals surface area contributed by atoms with Gasteiger partial charge in [0.1, 0.15) is 11.4 Å². The Kier molecular flexibility index (Phi) is 3.36. The van der Waals surface area contributed by atoms with Crippen molar-refractivity contribution in [2.75, 3.05) is 37.0 Å². The molecule has 0 spiro atoms. The lowest BCUT2D eigenvalue weighted by Gasteiger charge is -2.39. The predicted molar refractivity (Wildman–Crippen MR) is 92.4 cm³/mol. The molecule has 1 aromatic carbocycles. The Morgan fingerprint density at radius 3 is 2.87 bits per heavy atom. The number of benzene rings is 1. The number of ether oxygens (including phenoxy) is 1. The summed E-state index contributed by atoms with van der Waals surface area (Å²) in [7, 11) is 3.82. The van der Waals surface area contributed by atoms with Crippen LogP contribution in [0.15, 0.2) is 24.3 Å². The fourth-order valence-electron chi connectivity index (χ4n) is 3.92. The molecule has 1 aromatic heterocycles. The monoisotopic (exact) mass is 310 g/mol. The largest absolute Gasteiger partial charge is 0.496 e. The molecule has 0 amide bonds. The van der Waals surface area contributed by atoms with Crippen LogP contribution in [0.1, 0.15) is 18.4 Å². The number of para-hydroxylation sites is 1. The molecule has 0 radical (unpaired) electrons. The summed E-state index contributed by atoms with van der Waals surface area (Å²) in [5.74, 6) is 1.84. The summed E-state index contributed by atoms with van der Waals surface area (Å²) < 4.78 is 5.51. The van der Waals surface area contributed by atoms with Gasteiger partial charge in [0.15, 0.2) is 5.82 Å². The predicted octanol–water partition coefficient (Wildman–Crippen LogP) is 2.88. The number of hydrogen-bond donors (Lipinski definition) is 0. The highest BCUT2D eigenvalue weighted by atomic mass is 16.5. The second-order valence-corrected chi connectivity index (χ2v) is 6.42. The summed E-state index contributed by atoms with van der Waals surface area (Å²) in [4.78, 5) is 4.77. The maximum absolute atomic E-state index is 5.51. The van der Waals surface area contributed by atoms with Gasteiger partial charge < -0.3 is 14.5 Å². The lowest BCUT2D eigenvalue weighted by Crippen LogP contribution is -2.45. The number of rotatable bonds is 2. The Morgan fingerprint density at radius 1 is 1.22 bits per heavy atom. The van der Waals surface area contributed by atoms with E-state index in [1.807, 2.05) is 18.2 Å². The van der Waals surface area contributed by atoms with Gasteiger partial charge in [-0.05, 0) is 31.9 Å². The van der Waals surface area contributed by atoms with Gasteiger partial charge in [-0.25, -0.2) is 0 Å². The van der Waals surface area contributed by atoms with E-state index in [2.05, 4.69) is 40.0 Å². The SMILES string of the molecule is COc1ccccc1-c1nnc2c(c1C)N1CCCC1CN2C. The Balaban J connectivity index is 1.90. The van der Waals surface area contributed by atoms with Crippen LogP contribution in [-0.2, 0) is 0 Å². The Bertz CT molecular complexity index is 746. The zero-order valence-corrected chi connectivity index (χ0v) is 13.9. The summed E-state index contributed by atoms with van der Waals surface area (Å²) in [6.45, 7) is 4.31. The van der Waals surface area contributed by atoms with Crippen LogP contribution in [0.4, 0.5) is 11.5 Å². The van der Waals surface area contributed by atoms with E-state index < -0.39 is 0 Å². The normalized spacial score (nSPS) is 19.5. The van der Waals surface area contributed by atoms with Gasteiger partial charge in [0.05, 0.1) is 12.8 Å². The molecule has 0 bridgehead atoms. The summed E-state index contributed by atoms with van der Waals surface area (Å²) in [5, 5.41) is 9.09. The molecular formula is C18H22N4O. The molecule has 23 heavy (non-hydrogen) atoms. The third-order valence-corrected chi connectivity index (χ3v) is 5.04. The average Bonchev–Trinajstić information content (AvgIpc) is 3.03. The fraction of sp³-hybridized carbons (Fsp3) is 0.444. The van der Waals surface area contributed by atoms with E-state index in [9.17, 15) is 0 Å². The highest BCUT2D eigenvalue weighted by Gasteiger charge is 2.35. The highest BCUT2D eigenvalue weighted by molar-refractivity contribution is 5.82. The molecule has 1 fully saturated rings. The van der Waals surface area contributed by atoms with Gasteiger partial charge in [0.2, 0.25) is 0 Å². The maximum Gasteiger partial charge on any atom is 0.175 e. The van der Waals surface area contributed by atoms with Crippen LogP contribution < -0.4 is 14.5 Å². The molecule has 2 aliphatic heterocycles. The second-order valence-electron chi connectivity index (χ2n) is 6.42. The zero-order valence-electron chi connectivity index (χ0n) is 13.9. The van der Waals surface area contributed by atoms with Crippen LogP contribution in [0.2, 0.25) is 0 Å². The minimum absolute atomic E-state index is 0.598. The van der Waals surface area contributed by atoms with Crippen molar-refractivity contribution in [2.24, 2.45) is 0 Å². The lowest BCUT2D eigenvalue weighted by atomic mass is 10.0. The molecule has 1 unspecified atom stereocenters. The Labute approximate surface area is 136 Å². The minimum Gasteiger partial charge on any atom is -0.496 e. The molecule has 2 aromatic rings. The van der Waals surface area contributed by atoms with Gasteiger partial charge in [0.25, 0.3) is 0 Å². The number of hydrogen-bond acceptors (Lipinski definition) is 5. The number of methoxy groups -OCH3 is 1.